The Hall–Kier alpha value is -2.07. The number of fused-ring (bicyclic) bond motifs is 1. The van der Waals surface area contributed by atoms with E-state index in [4.69, 9.17) is 5.11 Å². The lowest BCUT2D eigenvalue weighted by Gasteiger charge is -2.32. The molecule has 4 heteroatoms. The van der Waals surface area contributed by atoms with Gasteiger partial charge in [0.2, 0.25) is 0 Å². The molecule has 2 aromatic rings. The van der Waals surface area contributed by atoms with Crippen LogP contribution in [0.2, 0.25) is 0 Å². The van der Waals surface area contributed by atoms with Crippen LogP contribution in [-0.2, 0) is 5.41 Å². The van der Waals surface area contributed by atoms with Gasteiger partial charge in [0.25, 0.3) is 0 Å². The number of aliphatic imine (C=N–C) groups is 1. The first-order valence-corrected chi connectivity index (χ1v) is 8.59. The molecule has 23 heavy (non-hydrogen) atoms. The molecule has 0 saturated carbocycles. The number of carboxylic acids is 1. The number of hydrogen-bond donors (Lipinski definition) is 1. The molecule has 3 rings (SSSR count). The highest BCUT2D eigenvalue weighted by Gasteiger charge is 2.27. The van der Waals surface area contributed by atoms with E-state index in [0.29, 0.717) is 0 Å². The SMILES string of the molecule is CC1(C)CCSc2cc(C=Nc3ccc(C(=O)O)cc3)ccc21. The first-order chi connectivity index (χ1) is 11.0. The van der Waals surface area contributed by atoms with Crippen LogP contribution in [0.4, 0.5) is 5.69 Å². The van der Waals surface area contributed by atoms with Crippen LogP contribution in [0.5, 0.6) is 0 Å². The molecule has 1 N–H and O–H groups in total. The molecule has 1 aliphatic rings. The highest BCUT2D eigenvalue weighted by molar-refractivity contribution is 7.99. The first-order valence-electron chi connectivity index (χ1n) is 7.60. The fraction of sp³-hybridized carbons (Fsp3) is 0.263. The van der Waals surface area contributed by atoms with Crippen LogP contribution >= 0.6 is 11.8 Å². The summed E-state index contributed by atoms with van der Waals surface area (Å²) in [5.74, 6) is 0.229. The molecule has 3 nitrogen and oxygen atoms in total. The molecular weight excluding hydrogens is 306 g/mol. The van der Waals surface area contributed by atoms with Crippen molar-refractivity contribution in [1.82, 2.24) is 0 Å². The van der Waals surface area contributed by atoms with Crippen LogP contribution in [0.1, 0.15) is 41.8 Å². The third-order valence-electron chi connectivity index (χ3n) is 4.20. The second kappa shape index (κ2) is 6.20. The fourth-order valence-electron chi connectivity index (χ4n) is 2.69. The van der Waals surface area contributed by atoms with Crippen LogP contribution in [0.3, 0.4) is 0 Å². The summed E-state index contributed by atoms with van der Waals surface area (Å²) < 4.78 is 0. The monoisotopic (exact) mass is 325 g/mol. The van der Waals surface area contributed by atoms with Crippen molar-refractivity contribution in [2.75, 3.05) is 5.75 Å². The Bertz CT molecular complexity index is 763. The van der Waals surface area contributed by atoms with Gasteiger partial charge in [0, 0.05) is 11.1 Å². The normalized spacial score (nSPS) is 16.3. The van der Waals surface area contributed by atoms with Gasteiger partial charge in [-0.3, -0.25) is 4.99 Å². The van der Waals surface area contributed by atoms with Crippen molar-refractivity contribution < 1.29 is 9.90 Å². The van der Waals surface area contributed by atoms with E-state index in [1.807, 2.05) is 18.0 Å². The standard InChI is InChI=1S/C19H19NO2S/c1-19(2)9-10-23-17-11-13(3-8-16(17)19)12-20-15-6-4-14(5-7-15)18(21)22/h3-8,11-12H,9-10H2,1-2H3,(H,21,22). The van der Waals surface area contributed by atoms with Crippen molar-refractivity contribution in [2.24, 2.45) is 4.99 Å². The lowest BCUT2D eigenvalue weighted by Crippen LogP contribution is -2.22. The Morgan fingerprint density at radius 2 is 1.96 bits per heavy atom. The average molecular weight is 325 g/mol. The van der Waals surface area contributed by atoms with E-state index in [1.165, 1.54) is 16.9 Å². The Morgan fingerprint density at radius 3 is 2.65 bits per heavy atom. The second-order valence-electron chi connectivity index (χ2n) is 6.35. The van der Waals surface area contributed by atoms with Crippen molar-refractivity contribution in [3.05, 3.63) is 59.2 Å². The first kappa shape index (κ1) is 15.8. The molecule has 1 aliphatic heterocycles. The largest absolute Gasteiger partial charge is 0.478 e. The Balaban J connectivity index is 1.82. The minimum atomic E-state index is -0.921. The van der Waals surface area contributed by atoms with Gasteiger partial charge in [0.05, 0.1) is 11.3 Å². The molecule has 2 aromatic carbocycles. The van der Waals surface area contributed by atoms with E-state index in [0.717, 1.165) is 17.0 Å². The van der Waals surface area contributed by atoms with Gasteiger partial charge in [-0.25, -0.2) is 4.79 Å². The zero-order chi connectivity index (χ0) is 16.4. The average Bonchev–Trinajstić information content (AvgIpc) is 2.53. The number of benzene rings is 2. The summed E-state index contributed by atoms with van der Waals surface area (Å²) in [6, 6.07) is 13.1. The molecule has 0 unspecified atom stereocenters. The molecule has 118 valence electrons. The number of aromatic carboxylic acids is 1. The summed E-state index contributed by atoms with van der Waals surface area (Å²) in [5.41, 5.74) is 3.74. The van der Waals surface area contributed by atoms with Gasteiger partial charge in [0.1, 0.15) is 0 Å². The van der Waals surface area contributed by atoms with Crippen molar-refractivity contribution in [2.45, 2.75) is 30.6 Å². The van der Waals surface area contributed by atoms with Gasteiger partial charge in [0.15, 0.2) is 0 Å². The zero-order valence-electron chi connectivity index (χ0n) is 13.2. The Labute approximate surface area is 140 Å². The maximum Gasteiger partial charge on any atom is 0.335 e. The van der Waals surface area contributed by atoms with E-state index >= 15 is 0 Å². The van der Waals surface area contributed by atoms with Crippen LogP contribution in [0, 0.1) is 0 Å². The van der Waals surface area contributed by atoms with Gasteiger partial charge in [-0.1, -0.05) is 26.0 Å². The quantitative estimate of drug-likeness (QED) is 0.816. The van der Waals surface area contributed by atoms with Crippen LogP contribution in [-0.4, -0.2) is 23.0 Å². The number of carbonyl (C=O) groups is 1. The lowest BCUT2D eigenvalue weighted by atomic mass is 9.81. The number of carboxylic acid groups (broad SMARTS) is 1. The molecule has 0 bridgehead atoms. The number of nitrogens with zero attached hydrogens (tertiary/aromatic N) is 1. The maximum absolute atomic E-state index is 10.8. The molecule has 1 heterocycles. The summed E-state index contributed by atoms with van der Waals surface area (Å²) in [6.45, 7) is 4.59. The summed E-state index contributed by atoms with van der Waals surface area (Å²) in [6.07, 6.45) is 3.03. The van der Waals surface area contributed by atoms with Gasteiger partial charge < -0.3 is 5.11 Å². The number of thioether (sulfide) groups is 1. The minimum absolute atomic E-state index is 0.239. The maximum atomic E-state index is 10.8. The topological polar surface area (TPSA) is 49.7 Å². The van der Waals surface area contributed by atoms with E-state index in [2.05, 4.69) is 37.0 Å². The minimum Gasteiger partial charge on any atom is -0.478 e. The molecule has 0 fully saturated rings. The van der Waals surface area contributed by atoms with Crippen LogP contribution < -0.4 is 0 Å². The molecule has 0 spiro atoms. The van der Waals surface area contributed by atoms with Gasteiger partial charge in [-0.2, -0.15) is 0 Å². The Morgan fingerprint density at radius 1 is 1.22 bits per heavy atom. The van der Waals surface area contributed by atoms with Gasteiger partial charge in [-0.05, 0) is 59.0 Å². The second-order valence-corrected chi connectivity index (χ2v) is 7.48. The summed E-state index contributed by atoms with van der Waals surface area (Å²) in [4.78, 5) is 16.6. The van der Waals surface area contributed by atoms with E-state index in [-0.39, 0.29) is 11.0 Å². The third kappa shape index (κ3) is 3.48. The van der Waals surface area contributed by atoms with Gasteiger partial charge in [-0.15, -0.1) is 11.8 Å². The number of hydrogen-bond acceptors (Lipinski definition) is 3. The lowest BCUT2D eigenvalue weighted by molar-refractivity contribution is 0.0697. The smallest absolute Gasteiger partial charge is 0.335 e. The predicted octanol–water partition coefficient (Wildman–Crippen LogP) is 4.91. The molecule has 0 saturated heterocycles. The number of rotatable bonds is 3. The molecule has 0 aliphatic carbocycles. The van der Waals surface area contributed by atoms with Gasteiger partial charge >= 0.3 is 5.97 Å². The van der Waals surface area contributed by atoms with E-state index < -0.39 is 5.97 Å². The molecule has 0 atom stereocenters. The van der Waals surface area contributed by atoms with Crippen molar-refractivity contribution >= 4 is 29.6 Å². The van der Waals surface area contributed by atoms with Crippen molar-refractivity contribution in [1.29, 1.82) is 0 Å². The fourth-order valence-corrected chi connectivity index (χ4v) is 4.24. The summed E-state index contributed by atoms with van der Waals surface area (Å²) in [5, 5.41) is 8.90. The Kier molecular flexibility index (Phi) is 4.26. The van der Waals surface area contributed by atoms with Crippen molar-refractivity contribution in [3.63, 3.8) is 0 Å². The molecule has 0 radical (unpaired) electrons. The van der Waals surface area contributed by atoms with Crippen molar-refractivity contribution in [3.8, 4) is 0 Å². The predicted molar refractivity (Wildman–Crippen MR) is 95.5 cm³/mol. The summed E-state index contributed by atoms with van der Waals surface area (Å²) >= 11 is 1.91. The molecule has 0 amide bonds. The van der Waals surface area contributed by atoms with Crippen LogP contribution in [0.15, 0.2) is 52.4 Å². The summed E-state index contributed by atoms with van der Waals surface area (Å²) in [7, 11) is 0. The molecular formula is C19H19NO2S. The third-order valence-corrected chi connectivity index (χ3v) is 5.25. The van der Waals surface area contributed by atoms with Crippen LogP contribution in [0.25, 0.3) is 0 Å². The van der Waals surface area contributed by atoms with E-state index in [1.54, 1.807) is 24.3 Å². The highest BCUT2D eigenvalue weighted by atomic mass is 32.2. The van der Waals surface area contributed by atoms with E-state index in [9.17, 15) is 4.79 Å². The highest BCUT2D eigenvalue weighted by Crippen LogP contribution is 2.41. The molecule has 0 aromatic heterocycles. The zero-order valence-corrected chi connectivity index (χ0v) is 14.1.